The molecule has 1 aliphatic rings. The van der Waals surface area contributed by atoms with Gasteiger partial charge in [-0.05, 0) is 30.3 Å². The maximum Gasteiger partial charge on any atom is 0.310 e. The lowest BCUT2D eigenvalue weighted by atomic mass is 10.1. The average Bonchev–Trinajstić information content (AvgIpc) is 3.22. The molecule has 2 aromatic carbocycles. The van der Waals surface area contributed by atoms with Crippen molar-refractivity contribution in [1.82, 2.24) is 4.98 Å². The van der Waals surface area contributed by atoms with Crippen molar-refractivity contribution >= 4 is 44.8 Å². The summed E-state index contributed by atoms with van der Waals surface area (Å²) >= 11 is 4.88. The lowest BCUT2D eigenvalue weighted by molar-refractivity contribution is -0.149. The van der Waals surface area contributed by atoms with Gasteiger partial charge in [0.25, 0.3) is 5.91 Å². The first-order valence-corrected chi connectivity index (χ1v) is 10.7. The number of benzene rings is 2. The molecule has 7 nitrogen and oxygen atoms in total. The topological polar surface area (TPSA) is 86.8 Å². The predicted molar refractivity (Wildman–Crippen MR) is 116 cm³/mol. The van der Waals surface area contributed by atoms with Gasteiger partial charge in [-0.15, -0.1) is 11.3 Å². The Labute approximate surface area is 185 Å². The van der Waals surface area contributed by atoms with Gasteiger partial charge in [-0.2, -0.15) is 0 Å². The molecule has 1 aromatic heterocycles. The Hall–Kier alpha value is -2.91. The summed E-state index contributed by atoms with van der Waals surface area (Å²) in [6, 6.07) is 12.7. The summed E-state index contributed by atoms with van der Waals surface area (Å²) in [5.74, 6) is 0.325. The van der Waals surface area contributed by atoms with E-state index >= 15 is 0 Å². The monoisotopic (exact) mass is 488 g/mol. The molecule has 154 valence electrons. The van der Waals surface area contributed by atoms with Gasteiger partial charge in [0.15, 0.2) is 6.10 Å². The van der Waals surface area contributed by atoms with E-state index in [0.717, 1.165) is 15.0 Å². The van der Waals surface area contributed by atoms with Crippen molar-refractivity contribution in [3.63, 3.8) is 0 Å². The molecule has 1 aliphatic heterocycles. The molecule has 0 saturated carbocycles. The summed E-state index contributed by atoms with van der Waals surface area (Å²) in [5, 5.41) is 5.31. The number of rotatable bonds is 6. The number of nitrogens with zero attached hydrogens (tertiary/aromatic N) is 1. The molecule has 2 heterocycles. The van der Waals surface area contributed by atoms with Crippen LogP contribution in [0.15, 0.2) is 52.3 Å². The van der Waals surface area contributed by atoms with Crippen LogP contribution in [0.4, 0.5) is 5.69 Å². The van der Waals surface area contributed by atoms with Crippen LogP contribution in [0.1, 0.15) is 12.1 Å². The minimum Gasteiger partial charge on any atom is -0.496 e. The third-order valence-electron chi connectivity index (χ3n) is 4.38. The molecule has 30 heavy (non-hydrogen) atoms. The lowest BCUT2D eigenvalue weighted by Crippen LogP contribution is -2.38. The first kappa shape index (κ1) is 20.4. The minimum absolute atomic E-state index is 0.0105. The van der Waals surface area contributed by atoms with Gasteiger partial charge in [0.05, 0.1) is 30.5 Å². The summed E-state index contributed by atoms with van der Waals surface area (Å²) in [6.45, 7) is 0.0105. The lowest BCUT2D eigenvalue weighted by Gasteiger charge is -2.25. The fourth-order valence-corrected chi connectivity index (χ4v) is 4.12. The summed E-state index contributed by atoms with van der Waals surface area (Å²) in [5.41, 5.74) is 2.05. The summed E-state index contributed by atoms with van der Waals surface area (Å²) in [7, 11) is 1.60. The van der Waals surface area contributed by atoms with E-state index in [1.54, 1.807) is 31.4 Å². The van der Waals surface area contributed by atoms with E-state index in [9.17, 15) is 9.59 Å². The summed E-state index contributed by atoms with van der Waals surface area (Å²) in [6.07, 6.45) is -1.11. The van der Waals surface area contributed by atoms with Gasteiger partial charge in [-0.3, -0.25) is 9.59 Å². The quantitative estimate of drug-likeness (QED) is 0.517. The highest BCUT2D eigenvalue weighted by atomic mass is 79.9. The highest BCUT2D eigenvalue weighted by Crippen LogP contribution is 2.34. The van der Waals surface area contributed by atoms with Crippen molar-refractivity contribution in [2.45, 2.75) is 19.1 Å². The van der Waals surface area contributed by atoms with Crippen molar-refractivity contribution in [3.05, 3.63) is 58.0 Å². The fourth-order valence-electron chi connectivity index (χ4n) is 2.94. The van der Waals surface area contributed by atoms with E-state index in [0.29, 0.717) is 22.9 Å². The number of ether oxygens (including phenoxy) is 3. The molecule has 4 rings (SSSR count). The smallest absolute Gasteiger partial charge is 0.310 e. The van der Waals surface area contributed by atoms with E-state index in [4.69, 9.17) is 14.2 Å². The van der Waals surface area contributed by atoms with Crippen LogP contribution in [0.25, 0.3) is 10.6 Å². The van der Waals surface area contributed by atoms with Gasteiger partial charge in [-0.1, -0.05) is 28.1 Å². The zero-order valence-corrected chi connectivity index (χ0v) is 18.3. The van der Waals surface area contributed by atoms with Crippen LogP contribution in [0.3, 0.4) is 0 Å². The SMILES string of the molecule is COc1ccc(Br)cc1-c1nc(COC(=O)C[C@H]2Oc3ccccc3NC2=O)cs1. The van der Waals surface area contributed by atoms with E-state index in [2.05, 4.69) is 26.2 Å². The van der Waals surface area contributed by atoms with E-state index < -0.39 is 12.1 Å². The van der Waals surface area contributed by atoms with Gasteiger partial charge in [-0.25, -0.2) is 4.98 Å². The molecule has 9 heteroatoms. The first-order valence-electron chi connectivity index (χ1n) is 9.04. The van der Waals surface area contributed by atoms with Gasteiger partial charge in [0.1, 0.15) is 23.1 Å². The van der Waals surface area contributed by atoms with Crippen molar-refractivity contribution in [2.24, 2.45) is 0 Å². The number of esters is 1. The molecule has 0 radical (unpaired) electrons. The fraction of sp³-hybridized carbons (Fsp3) is 0.190. The van der Waals surface area contributed by atoms with Crippen molar-refractivity contribution in [3.8, 4) is 22.1 Å². The Kier molecular flexibility index (Phi) is 6.01. The number of amides is 1. The molecular weight excluding hydrogens is 472 g/mol. The van der Waals surface area contributed by atoms with Gasteiger partial charge in [0.2, 0.25) is 0 Å². The Morgan fingerprint density at radius 2 is 2.13 bits per heavy atom. The Bertz CT molecular complexity index is 1100. The minimum atomic E-state index is -0.927. The zero-order chi connectivity index (χ0) is 21.1. The molecular formula is C21H17BrN2O5S. The van der Waals surface area contributed by atoms with Crippen LogP contribution in [-0.4, -0.2) is 30.1 Å². The van der Waals surface area contributed by atoms with Crippen LogP contribution >= 0.6 is 27.3 Å². The normalized spacial score (nSPS) is 15.0. The van der Waals surface area contributed by atoms with Crippen molar-refractivity contribution in [2.75, 3.05) is 12.4 Å². The molecule has 0 fully saturated rings. The second kappa shape index (κ2) is 8.85. The van der Waals surface area contributed by atoms with Crippen LogP contribution in [0.5, 0.6) is 11.5 Å². The average molecular weight is 489 g/mol. The number of methoxy groups -OCH3 is 1. The number of aromatic nitrogens is 1. The third kappa shape index (κ3) is 4.47. The number of carbonyl (C=O) groups excluding carboxylic acids is 2. The molecule has 0 saturated heterocycles. The van der Waals surface area contributed by atoms with Crippen molar-refractivity contribution in [1.29, 1.82) is 0 Å². The highest BCUT2D eigenvalue weighted by Gasteiger charge is 2.30. The third-order valence-corrected chi connectivity index (χ3v) is 5.80. The molecule has 3 aromatic rings. The Morgan fingerprint density at radius 1 is 1.30 bits per heavy atom. The van der Waals surface area contributed by atoms with Crippen LogP contribution in [-0.2, 0) is 20.9 Å². The number of carbonyl (C=O) groups is 2. The number of halogens is 1. The molecule has 0 aliphatic carbocycles. The van der Waals surface area contributed by atoms with Crippen LogP contribution < -0.4 is 14.8 Å². The summed E-state index contributed by atoms with van der Waals surface area (Å²) in [4.78, 5) is 28.9. The largest absolute Gasteiger partial charge is 0.496 e. The molecule has 0 unspecified atom stereocenters. The molecule has 1 N–H and O–H groups in total. The number of para-hydroxylation sites is 2. The number of thiazole rings is 1. The highest BCUT2D eigenvalue weighted by molar-refractivity contribution is 9.10. The number of anilines is 1. The van der Waals surface area contributed by atoms with E-state index in [-0.39, 0.29) is 18.9 Å². The Balaban J connectivity index is 1.36. The van der Waals surface area contributed by atoms with Gasteiger partial charge >= 0.3 is 5.97 Å². The number of nitrogens with one attached hydrogen (secondary N) is 1. The zero-order valence-electron chi connectivity index (χ0n) is 15.9. The second-order valence-corrected chi connectivity index (χ2v) is 8.22. The number of fused-ring (bicyclic) bond motifs is 1. The van der Waals surface area contributed by atoms with Crippen LogP contribution in [0, 0.1) is 0 Å². The molecule has 0 spiro atoms. The first-order chi connectivity index (χ1) is 14.5. The van der Waals surface area contributed by atoms with Crippen molar-refractivity contribution < 1.29 is 23.8 Å². The van der Waals surface area contributed by atoms with E-state index in [1.165, 1.54) is 11.3 Å². The maximum atomic E-state index is 12.2. The number of hydrogen-bond donors (Lipinski definition) is 1. The molecule has 1 atom stereocenters. The van der Waals surface area contributed by atoms with Gasteiger partial charge < -0.3 is 19.5 Å². The summed E-state index contributed by atoms with van der Waals surface area (Å²) < 4.78 is 17.2. The maximum absolute atomic E-state index is 12.2. The molecule has 0 bridgehead atoms. The standard InChI is InChI=1S/C21H17BrN2O5S/c1-27-16-7-6-12(22)8-14(16)21-23-13(11-30-21)10-28-19(25)9-18-20(26)24-15-4-2-3-5-17(15)29-18/h2-8,11,18H,9-10H2,1H3,(H,24,26)/t18-/m1/s1. The Morgan fingerprint density at radius 3 is 2.97 bits per heavy atom. The van der Waals surface area contributed by atoms with E-state index in [1.807, 2.05) is 23.6 Å². The number of hydrogen-bond acceptors (Lipinski definition) is 7. The van der Waals surface area contributed by atoms with Crippen LogP contribution in [0.2, 0.25) is 0 Å². The predicted octanol–water partition coefficient (Wildman–Crippen LogP) is 4.41. The molecule has 1 amide bonds. The van der Waals surface area contributed by atoms with Gasteiger partial charge in [0, 0.05) is 9.85 Å². The second-order valence-electron chi connectivity index (χ2n) is 6.45.